The molecule has 1 fully saturated rings. The molecule has 1 aliphatic rings. The first-order chi connectivity index (χ1) is 8.79. The van der Waals surface area contributed by atoms with E-state index in [0.29, 0.717) is 6.61 Å². The van der Waals surface area contributed by atoms with E-state index >= 15 is 0 Å². The van der Waals surface area contributed by atoms with Gasteiger partial charge in [-0.15, -0.1) is 11.3 Å². The number of nitrogens with zero attached hydrogens (tertiary/aromatic N) is 2. The van der Waals surface area contributed by atoms with Gasteiger partial charge in [0.1, 0.15) is 0 Å². The van der Waals surface area contributed by atoms with E-state index in [1.807, 2.05) is 12.3 Å². The molecule has 1 saturated heterocycles. The van der Waals surface area contributed by atoms with Crippen molar-refractivity contribution in [2.24, 2.45) is 0 Å². The summed E-state index contributed by atoms with van der Waals surface area (Å²) in [5.41, 5.74) is 0.831. The molecule has 18 heavy (non-hydrogen) atoms. The predicted octanol–water partition coefficient (Wildman–Crippen LogP) is 2.63. The van der Waals surface area contributed by atoms with Gasteiger partial charge in [0.25, 0.3) is 0 Å². The van der Waals surface area contributed by atoms with E-state index in [-0.39, 0.29) is 12.4 Å². The van der Waals surface area contributed by atoms with Gasteiger partial charge in [0.05, 0.1) is 18.7 Å². The van der Waals surface area contributed by atoms with Crippen molar-refractivity contribution in [3.8, 4) is 0 Å². The van der Waals surface area contributed by atoms with Gasteiger partial charge in [-0.05, 0) is 19.8 Å². The quantitative estimate of drug-likeness (QED) is 0.787. The van der Waals surface area contributed by atoms with Crippen LogP contribution in [-0.4, -0.2) is 30.6 Å². The summed E-state index contributed by atoms with van der Waals surface area (Å²) in [4.78, 5) is 18.3. The standard InChI is InChI=1S/C13H20N2O2S/c1-2-17-12(16)9-11-10-18-13(14-11)15-7-5-3-4-6-8-15/h10H,2-9H2,1H3. The molecule has 1 aliphatic heterocycles. The van der Waals surface area contributed by atoms with Crippen molar-refractivity contribution in [1.82, 2.24) is 4.98 Å². The Balaban J connectivity index is 1.94. The van der Waals surface area contributed by atoms with E-state index < -0.39 is 0 Å². The summed E-state index contributed by atoms with van der Waals surface area (Å²) in [6.45, 7) is 4.43. The van der Waals surface area contributed by atoms with Gasteiger partial charge in [-0.25, -0.2) is 4.98 Å². The molecule has 1 aromatic heterocycles. The van der Waals surface area contributed by atoms with Gasteiger partial charge in [-0.1, -0.05) is 12.8 Å². The summed E-state index contributed by atoms with van der Waals surface area (Å²) in [6, 6.07) is 0. The van der Waals surface area contributed by atoms with E-state index in [9.17, 15) is 4.79 Å². The summed E-state index contributed by atoms with van der Waals surface area (Å²) in [5.74, 6) is -0.190. The average Bonchev–Trinajstić information content (AvgIpc) is 2.64. The highest BCUT2D eigenvalue weighted by Gasteiger charge is 2.14. The van der Waals surface area contributed by atoms with E-state index in [0.717, 1.165) is 23.9 Å². The van der Waals surface area contributed by atoms with Gasteiger partial charge in [-0.3, -0.25) is 4.79 Å². The number of esters is 1. The highest BCUT2D eigenvalue weighted by atomic mass is 32.1. The predicted molar refractivity (Wildman–Crippen MR) is 73.1 cm³/mol. The fourth-order valence-corrected chi connectivity index (χ4v) is 3.02. The number of aromatic nitrogens is 1. The Kier molecular flexibility index (Phi) is 4.99. The molecule has 5 heteroatoms. The lowest BCUT2D eigenvalue weighted by molar-refractivity contribution is -0.142. The molecule has 0 radical (unpaired) electrons. The number of hydrogen-bond donors (Lipinski definition) is 0. The van der Waals surface area contributed by atoms with Crippen molar-refractivity contribution in [3.63, 3.8) is 0 Å². The second kappa shape index (κ2) is 6.73. The monoisotopic (exact) mass is 268 g/mol. The molecule has 2 rings (SSSR count). The average molecular weight is 268 g/mol. The number of thiazole rings is 1. The van der Waals surface area contributed by atoms with Gasteiger partial charge in [0, 0.05) is 18.5 Å². The summed E-state index contributed by atoms with van der Waals surface area (Å²) in [7, 11) is 0. The maximum Gasteiger partial charge on any atom is 0.311 e. The Morgan fingerprint density at radius 3 is 2.78 bits per heavy atom. The zero-order chi connectivity index (χ0) is 12.8. The molecule has 0 spiro atoms. The Hall–Kier alpha value is -1.10. The highest BCUT2D eigenvalue weighted by Crippen LogP contribution is 2.23. The van der Waals surface area contributed by atoms with Crippen molar-refractivity contribution in [3.05, 3.63) is 11.1 Å². The fraction of sp³-hybridized carbons (Fsp3) is 0.692. The Bertz CT molecular complexity index is 384. The number of rotatable bonds is 4. The molecule has 100 valence electrons. The smallest absolute Gasteiger partial charge is 0.311 e. The van der Waals surface area contributed by atoms with Crippen LogP contribution in [-0.2, 0) is 16.0 Å². The van der Waals surface area contributed by atoms with Crippen LogP contribution in [0.2, 0.25) is 0 Å². The fourth-order valence-electron chi connectivity index (χ4n) is 2.14. The molecule has 0 atom stereocenters. The third kappa shape index (κ3) is 3.70. The maximum atomic E-state index is 11.4. The van der Waals surface area contributed by atoms with Gasteiger partial charge >= 0.3 is 5.97 Å². The van der Waals surface area contributed by atoms with Crippen LogP contribution < -0.4 is 4.90 Å². The molecule has 0 unspecified atom stereocenters. The van der Waals surface area contributed by atoms with Crippen molar-refractivity contribution in [2.75, 3.05) is 24.6 Å². The lowest BCUT2D eigenvalue weighted by atomic mass is 10.2. The number of ether oxygens (including phenoxy) is 1. The van der Waals surface area contributed by atoms with Gasteiger partial charge < -0.3 is 9.64 Å². The topological polar surface area (TPSA) is 42.4 Å². The minimum absolute atomic E-state index is 0.190. The Morgan fingerprint density at radius 2 is 2.11 bits per heavy atom. The number of anilines is 1. The first-order valence-corrected chi connectivity index (χ1v) is 7.52. The van der Waals surface area contributed by atoms with Crippen molar-refractivity contribution in [1.29, 1.82) is 0 Å². The van der Waals surface area contributed by atoms with Crippen LogP contribution in [0, 0.1) is 0 Å². The third-order valence-electron chi connectivity index (χ3n) is 3.05. The van der Waals surface area contributed by atoms with E-state index in [1.165, 1.54) is 25.7 Å². The largest absolute Gasteiger partial charge is 0.466 e. The number of carbonyl (C=O) groups excluding carboxylic acids is 1. The minimum Gasteiger partial charge on any atom is -0.466 e. The van der Waals surface area contributed by atoms with Crippen LogP contribution in [0.4, 0.5) is 5.13 Å². The van der Waals surface area contributed by atoms with Crippen LogP contribution >= 0.6 is 11.3 Å². The van der Waals surface area contributed by atoms with Crippen molar-refractivity contribution < 1.29 is 9.53 Å². The molecular formula is C13H20N2O2S. The molecule has 2 heterocycles. The summed E-state index contributed by atoms with van der Waals surface area (Å²) < 4.78 is 4.93. The van der Waals surface area contributed by atoms with Crippen molar-refractivity contribution in [2.45, 2.75) is 39.0 Å². The van der Waals surface area contributed by atoms with Gasteiger partial charge in [-0.2, -0.15) is 0 Å². The number of carbonyl (C=O) groups is 1. The summed E-state index contributed by atoms with van der Waals surface area (Å²) >= 11 is 1.63. The third-order valence-corrected chi connectivity index (χ3v) is 4.00. The van der Waals surface area contributed by atoms with Crippen molar-refractivity contribution >= 4 is 22.4 Å². The van der Waals surface area contributed by atoms with Crippen LogP contribution in [0.1, 0.15) is 38.3 Å². The van der Waals surface area contributed by atoms with E-state index in [2.05, 4.69) is 9.88 Å². The number of hydrogen-bond acceptors (Lipinski definition) is 5. The SMILES string of the molecule is CCOC(=O)Cc1csc(N2CCCCCC2)n1. The highest BCUT2D eigenvalue weighted by molar-refractivity contribution is 7.13. The first-order valence-electron chi connectivity index (χ1n) is 6.64. The van der Waals surface area contributed by atoms with E-state index in [1.54, 1.807) is 11.3 Å². The second-order valence-electron chi connectivity index (χ2n) is 4.50. The lowest BCUT2D eigenvalue weighted by Crippen LogP contribution is -2.23. The maximum absolute atomic E-state index is 11.4. The molecule has 1 aromatic rings. The minimum atomic E-state index is -0.190. The summed E-state index contributed by atoms with van der Waals surface area (Å²) in [6.07, 6.45) is 5.41. The van der Waals surface area contributed by atoms with Crippen LogP contribution in [0.3, 0.4) is 0 Å². The second-order valence-corrected chi connectivity index (χ2v) is 5.34. The summed E-state index contributed by atoms with van der Waals surface area (Å²) in [5, 5.41) is 3.02. The molecule has 0 aromatic carbocycles. The zero-order valence-electron chi connectivity index (χ0n) is 10.9. The lowest BCUT2D eigenvalue weighted by Gasteiger charge is -2.18. The molecule has 0 bridgehead atoms. The Morgan fingerprint density at radius 1 is 1.39 bits per heavy atom. The molecule has 4 nitrogen and oxygen atoms in total. The molecule has 0 aliphatic carbocycles. The van der Waals surface area contributed by atoms with Crippen LogP contribution in [0.5, 0.6) is 0 Å². The van der Waals surface area contributed by atoms with Crippen LogP contribution in [0.25, 0.3) is 0 Å². The normalized spacial score (nSPS) is 16.4. The van der Waals surface area contributed by atoms with Crippen LogP contribution in [0.15, 0.2) is 5.38 Å². The van der Waals surface area contributed by atoms with Gasteiger partial charge in [0.2, 0.25) is 0 Å². The molecule has 0 amide bonds. The zero-order valence-corrected chi connectivity index (χ0v) is 11.7. The first kappa shape index (κ1) is 13.3. The van der Waals surface area contributed by atoms with E-state index in [4.69, 9.17) is 4.74 Å². The molecule has 0 saturated carbocycles. The van der Waals surface area contributed by atoms with Gasteiger partial charge in [0.15, 0.2) is 5.13 Å². The molecular weight excluding hydrogens is 248 g/mol. The Labute approximate surface area is 112 Å². The molecule has 0 N–H and O–H groups in total.